The van der Waals surface area contributed by atoms with Gasteiger partial charge in [0.25, 0.3) is 0 Å². The zero-order valence-electron chi connectivity index (χ0n) is 56.7. The van der Waals surface area contributed by atoms with Gasteiger partial charge in [-0.15, -0.1) is 0 Å². The summed E-state index contributed by atoms with van der Waals surface area (Å²) in [5.41, 5.74) is 0. The van der Waals surface area contributed by atoms with Gasteiger partial charge in [0.2, 0.25) is 0 Å². The maximum absolute atomic E-state index is 2.38. The van der Waals surface area contributed by atoms with Crippen LogP contribution in [0, 0.1) is 107 Å². The Labute approximate surface area is 459 Å². The molecule has 0 saturated heterocycles. The second kappa shape index (κ2) is 56.2. The van der Waals surface area contributed by atoms with E-state index in [9.17, 15) is 0 Å². The van der Waals surface area contributed by atoms with Crippen LogP contribution in [-0.4, -0.2) is 0 Å². The van der Waals surface area contributed by atoms with Crippen LogP contribution in [0.1, 0.15) is 355 Å². The summed E-state index contributed by atoms with van der Waals surface area (Å²) in [7, 11) is 0. The van der Waals surface area contributed by atoms with Crippen molar-refractivity contribution in [2.75, 3.05) is 0 Å². The Kier molecular flexibility index (Phi) is 65.2. The van der Waals surface area contributed by atoms with E-state index in [1.807, 2.05) is 0 Å². The standard InChI is InChI=1S/C19H40.C15H32.2C11H24.C9H20.C6H14/c1-14(2)9-18(10-15(3)4)13-19(11-16(5)6)12-17(7)8;1-12(2)8-7-9-15(10-13(3)4)11-14(5)6;1-10(2)8-6-5-7-9-11(3)4;1-6-11(7-9(2)3)8-10(4)5;1-5-9(6-2)7-8(3)4;1-4-5-6(2)3/h14-19H,9-13H2,1-8H3;12-15H,7-11H2,1-6H3;10-11H,5-9H2,1-4H3;9-11H,6-8H2,1-5H3;8-9H,5-7H2,1-4H3;6H,4-5H2,1-3H3. The molecule has 438 valence electrons. The van der Waals surface area contributed by atoms with Gasteiger partial charge in [-0.3, -0.25) is 0 Å². The fourth-order valence-corrected chi connectivity index (χ4v) is 11.1. The lowest BCUT2D eigenvalue weighted by Crippen LogP contribution is -2.16. The summed E-state index contributed by atoms with van der Waals surface area (Å²) < 4.78 is 0. The van der Waals surface area contributed by atoms with Gasteiger partial charge in [-0.05, 0) is 171 Å². The van der Waals surface area contributed by atoms with E-state index >= 15 is 0 Å². The Hall–Kier alpha value is 0. The molecular formula is C71H154. The summed E-state index contributed by atoms with van der Waals surface area (Å²) >= 11 is 0. The highest BCUT2D eigenvalue weighted by Gasteiger charge is 2.21. The van der Waals surface area contributed by atoms with Crippen molar-refractivity contribution in [3.05, 3.63) is 0 Å². The third-order valence-corrected chi connectivity index (χ3v) is 14.0. The second-order valence-corrected chi connectivity index (χ2v) is 29.4. The summed E-state index contributed by atoms with van der Waals surface area (Å²) in [5, 5.41) is 0. The van der Waals surface area contributed by atoms with Crippen molar-refractivity contribution in [2.45, 2.75) is 355 Å². The first-order valence-electron chi connectivity index (χ1n) is 32.8. The van der Waals surface area contributed by atoms with Crippen LogP contribution >= 0.6 is 0 Å². The van der Waals surface area contributed by atoms with Gasteiger partial charge in [0.15, 0.2) is 0 Å². The van der Waals surface area contributed by atoms with E-state index in [-0.39, 0.29) is 0 Å². The van der Waals surface area contributed by atoms with Crippen LogP contribution in [0.3, 0.4) is 0 Å². The van der Waals surface area contributed by atoms with Gasteiger partial charge in [0, 0.05) is 0 Å². The molecular weight excluding hydrogens is 853 g/mol. The molecule has 0 N–H and O–H groups in total. The first kappa shape index (κ1) is 82.3. The van der Waals surface area contributed by atoms with Crippen molar-refractivity contribution in [3.63, 3.8) is 0 Å². The Morgan fingerprint density at radius 3 is 0.592 bits per heavy atom. The SMILES string of the molecule is CC(C)CC(CC(C)C)CC(CC(C)C)CC(C)C.CC(C)CCCC(CC(C)C)CC(C)C.CC(C)CCCCCC(C)C.CCC(CC(C)C)CC(C)C.CCC(CC)CC(C)C.CCCC(C)C. The molecule has 0 rings (SSSR count). The van der Waals surface area contributed by atoms with Crippen molar-refractivity contribution < 1.29 is 0 Å². The minimum atomic E-state index is 0.850. The summed E-state index contributed by atoms with van der Waals surface area (Å²) in [6.45, 7) is 69.9. The zero-order valence-corrected chi connectivity index (χ0v) is 56.7. The molecule has 0 radical (unpaired) electrons. The van der Waals surface area contributed by atoms with Gasteiger partial charge in [-0.25, -0.2) is 0 Å². The number of hydrogen-bond acceptors (Lipinski definition) is 0. The first-order chi connectivity index (χ1) is 32.8. The molecule has 0 atom stereocenters. The molecule has 0 saturated carbocycles. The van der Waals surface area contributed by atoms with Gasteiger partial charge in [-0.1, -0.05) is 291 Å². The molecule has 0 nitrogen and oxygen atoms in total. The first-order valence-corrected chi connectivity index (χ1v) is 32.8. The lowest BCUT2D eigenvalue weighted by molar-refractivity contribution is 0.233. The highest BCUT2D eigenvalue weighted by atomic mass is 14.3. The van der Waals surface area contributed by atoms with E-state index in [2.05, 4.69) is 208 Å². The quantitative estimate of drug-likeness (QED) is 0.0555. The Bertz CT molecular complexity index is 863. The minimum Gasteiger partial charge on any atom is -0.0654 e. The molecule has 0 aromatic rings. The zero-order chi connectivity index (χ0) is 56.7. The second-order valence-electron chi connectivity index (χ2n) is 29.4. The largest absolute Gasteiger partial charge is 0.0654 e. The molecule has 0 fully saturated rings. The maximum atomic E-state index is 2.38. The van der Waals surface area contributed by atoms with Crippen molar-refractivity contribution in [2.24, 2.45) is 107 Å². The number of hydrogen-bond donors (Lipinski definition) is 0. The molecule has 0 aromatic carbocycles. The summed E-state index contributed by atoms with van der Waals surface area (Å²) in [5.74, 6) is 16.2. The Balaban J connectivity index is -0.000000185. The molecule has 0 aromatic heterocycles. The van der Waals surface area contributed by atoms with Gasteiger partial charge in [0.1, 0.15) is 0 Å². The van der Waals surface area contributed by atoms with Crippen LogP contribution in [-0.2, 0) is 0 Å². The van der Waals surface area contributed by atoms with E-state index in [1.165, 1.54) is 148 Å². The number of unbranched alkanes of at least 4 members (excludes halogenated alkanes) is 2. The maximum Gasteiger partial charge on any atom is -0.0407 e. The third-order valence-electron chi connectivity index (χ3n) is 14.0. The monoisotopic (exact) mass is 1010 g/mol. The molecule has 0 unspecified atom stereocenters. The van der Waals surface area contributed by atoms with Crippen LogP contribution in [0.15, 0.2) is 0 Å². The van der Waals surface area contributed by atoms with Gasteiger partial charge in [-0.2, -0.15) is 0 Å². The normalized spacial score (nSPS) is 12.0. The fourth-order valence-electron chi connectivity index (χ4n) is 11.1. The smallest absolute Gasteiger partial charge is 0.0407 e. The van der Waals surface area contributed by atoms with E-state index in [0.29, 0.717) is 0 Å². The average molecular weight is 1010 g/mol. The van der Waals surface area contributed by atoms with Gasteiger partial charge >= 0.3 is 0 Å². The van der Waals surface area contributed by atoms with E-state index < -0.39 is 0 Å². The van der Waals surface area contributed by atoms with Crippen molar-refractivity contribution in [1.82, 2.24) is 0 Å². The topological polar surface area (TPSA) is 0 Å². The van der Waals surface area contributed by atoms with E-state index in [0.717, 1.165) is 107 Å². The molecule has 0 aliphatic rings. The van der Waals surface area contributed by atoms with E-state index in [4.69, 9.17) is 0 Å². The van der Waals surface area contributed by atoms with Crippen LogP contribution in [0.25, 0.3) is 0 Å². The van der Waals surface area contributed by atoms with E-state index in [1.54, 1.807) is 0 Å². The third kappa shape index (κ3) is 81.6. The predicted molar refractivity (Wildman–Crippen MR) is 339 cm³/mol. The van der Waals surface area contributed by atoms with Gasteiger partial charge < -0.3 is 0 Å². The molecule has 0 aliphatic carbocycles. The molecule has 0 aliphatic heterocycles. The van der Waals surface area contributed by atoms with Crippen LogP contribution in [0.4, 0.5) is 0 Å². The lowest BCUT2D eigenvalue weighted by atomic mass is 9.78. The Morgan fingerprint density at radius 2 is 0.394 bits per heavy atom. The fraction of sp³-hybridized carbons (Fsp3) is 1.00. The number of rotatable bonds is 35. The van der Waals surface area contributed by atoms with Gasteiger partial charge in [0.05, 0.1) is 0 Å². The minimum absolute atomic E-state index is 0.850. The molecule has 71 heavy (non-hydrogen) atoms. The Morgan fingerprint density at radius 1 is 0.169 bits per heavy atom. The molecule has 0 spiro atoms. The highest BCUT2D eigenvalue weighted by molar-refractivity contribution is 4.72. The summed E-state index contributed by atoms with van der Waals surface area (Å²) in [6, 6.07) is 0. The summed E-state index contributed by atoms with van der Waals surface area (Å²) in [6.07, 6.45) is 32.4. The molecule has 0 heterocycles. The average Bonchev–Trinajstić information content (AvgIpc) is 3.18. The van der Waals surface area contributed by atoms with Crippen LogP contribution in [0.2, 0.25) is 0 Å². The molecule has 0 heteroatoms. The lowest BCUT2D eigenvalue weighted by Gasteiger charge is -2.28. The van der Waals surface area contributed by atoms with Crippen molar-refractivity contribution in [1.29, 1.82) is 0 Å². The predicted octanol–water partition coefficient (Wildman–Crippen LogP) is 26.6. The van der Waals surface area contributed by atoms with Crippen molar-refractivity contribution >= 4 is 0 Å². The van der Waals surface area contributed by atoms with Crippen LogP contribution < -0.4 is 0 Å². The summed E-state index contributed by atoms with van der Waals surface area (Å²) in [4.78, 5) is 0. The van der Waals surface area contributed by atoms with Crippen molar-refractivity contribution in [3.8, 4) is 0 Å². The molecule has 0 bridgehead atoms. The molecule has 0 amide bonds. The highest BCUT2D eigenvalue weighted by Crippen LogP contribution is 2.33. The van der Waals surface area contributed by atoms with Crippen LogP contribution in [0.5, 0.6) is 0 Å².